The summed E-state index contributed by atoms with van der Waals surface area (Å²) in [6.45, 7) is 8.23. The number of benzene rings is 1. The van der Waals surface area contributed by atoms with E-state index in [0.717, 1.165) is 42.8 Å². The third kappa shape index (κ3) is 2.41. The molecule has 5 nitrogen and oxygen atoms in total. The molecule has 0 aliphatic heterocycles. The number of hydrogen-bond acceptors (Lipinski definition) is 4. The zero-order valence-corrected chi connectivity index (χ0v) is 11.1. The summed E-state index contributed by atoms with van der Waals surface area (Å²) in [5.74, 6) is 0.574. The Morgan fingerprint density at radius 2 is 1.94 bits per heavy atom. The van der Waals surface area contributed by atoms with Gasteiger partial charge in [0.15, 0.2) is 5.82 Å². The molecule has 1 aromatic carbocycles. The Morgan fingerprint density at radius 3 is 2.61 bits per heavy atom. The molecule has 0 aliphatic rings. The lowest BCUT2D eigenvalue weighted by atomic mass is 10.2. The summed E-state index contributed by atoms with van der Waals surface area (Å²) in [6.07, 6.45) is 0. The van der Waals surface area contributed by atoms with Gasteiger partial charge in [0.25, 0.3) is 0 Å². The van der Waals surface area contributed by atoms with Crippen molar-refractivity contribution in [1.29, 1.82) is 0 Å². The highest BCUT2D eigenvalue weighted by molar-refractivity contribution is 5.91. The van der Waals surface area contributed by atoms with E-state index in [0.29, 0.717) is 5.82 Å². The fourth-order valence-electron chi connectivity index (χ4n) is 2.16. The third-order valence-corrected chi connectivity index (χ3v) is 3.33. The van der Waals surface area contributed by atoms with Gasteiger partial charge in [-0.2, -0.15) is 5.10 Å². The zero-order valence-electron chi connectivity index (χ0n) is 11.1. The SMILES string of the molecule is CCN(CC)CCn1nc(N)c2ccc(N)cc21. The van der Waals surface area contributed by atoms with Crippen molar-refractivity contribution in [3.8, 4) is 0 Å². The molecule has 0 saturated carbocycles. The van der Waals surface area contributed by atoms with Gasteiger partial charge in [-0.1, -0.05) is 13.8 Å². The van der Waals surface area contributed by atoms with Gasteiger partial charge in [0.2, 0.25) is 0 Å². The van der Waals surface area contributed by atoms with Crippen LogP contribution in [0.25, 0.3) is 10.9 Å². The zero-order chi connectivity index (χ0) is 13.1. The average molecular weight is 247 g/mol. The highest BCUT2D eigenvalue weighted by Gasteiger charge is 2.09. The molecule has 98 valence electrons. The lowest BCUT2D eigenvalue weighted by molar-refractivity contribution is 0.287. The van der Waals surface area contributed by atoms with Crippen LogP contribution >= 0.6 is 0 Å². The van der Waals surface area contributed by atoms with E-state index in [1.165, 1.54) is 0 Å². The first-order chi connectivity index (χ1) is 8.65. The van der Waals surface area contributed by atoms with Crippen LogP contribution in [0, 0.1) is 0 Å². The van der Waals surface area contributed by atoms with E-state index in [1.54, 1.807) is 0 Å². The molecule has 0 radical (unpaired) electrons. The molecule has 2 rings (SSSR count). The standard InChI is InChI=1S/C13H21N5/c1-3-17(4-2)7-8-18-12-9-10(14)5-6-11(12)13(15)16-18/h5-6,9H,3-4,7-8,14H2,1-2H3,(H2,15,16). The van der Waals surface area contributed by atoms with Gasteiger partial charge in [-0.25, -0.2) is 0 Å². The minimum absolute atomic E-state index is 0.574. The summed E-state index contributed by atoms with van der Waals surface area (Å²) < 4.78 is 1.94. The Labute approximate surface area is 107 Å². The van der Waals surface area contributed by atoms with E-state index >= 15 is 0 Å². The molecule has 2 aromatic rings. The monoisotopic (exact) mass is 247 g/mol. The van der Waals surface area contributed by atoms with Crippen molar-refractivity contribution in [3.63, 3.8) is 0 Å². The number of hydrogen-bond donors (Lipinski definition) is 2. The van der Waals surface area contributed by atoms with Gasteiger partial charge in [0, 0.05) is 17.6 Å². The van der Waals surface area contributed by atoms with E-state index in [1.807, 2.05) is 22.9 Å². The van der Waals surface area contributed by atoms with Gasteiger partial charge in [-0.15, -0.1) is 0 Å². The van der Waals surface area contributed by atoms with E-state index in [9.17, 15) is 0 Å². The largest absolute Gasteiger partial charge is 0.399 e. The Kier molecular flexibility index (Phi) is 3.72. The van der Waals surface area contributed by atoms with Crippen LogP contribution < -0.4 is 11.5 Å². The van der Waals surface area contributed by atoms with Crippen LogP contribution in [0.2, 0.25) is 0 Å². The van der Waals surface area contributed by atoms with Gasteiger partial charge < -0.3 is 16.4 Å². The number of nitrogen functional groups attached to an aromatic ring is 2. The van der Waals surface area contributed by atoms with Crippen molar-refractivity contribution in [2.24, 2.45) is 0 Å². The molecule has 1 heterocycles. The molecular formula is C13H21N5. The van der Waals surface area contributed by atoms with Crippen molar-refractivity contribution in [3.05, 3.63) is 18.2 Å². The second-order valence-corrected chi connectivity index (χ2v) is 4.41. The maximum Gasteiger partial charge on any atom is 0.153 e. The molecule has 0 unspecified atom stereocenters. The number of fused-ring (bicyclic) bond motifs is 1. The van der Waals surface area contributed by atoms with E-state index in [4.69, 9.17) is 11.5 Å². The molecule has 0 saturated heterocycles. The summed E-state index contributed by atoms with van der Waals surface area (Å²) in [7, 11) is 0. The maximum atomic E-state index is 5.91. The summed E-state index contributed by atoms with van der Waals surface area (Å²) in [5.41, 5.74) is 13.5. The highest BCUT2D eigenvalue weighted by atomic mass is 15.3. The molecule has 0 atom stereocenters. The predicted octanol–water partition coefficient (Wildman–Crippen LogP) is 1.54. The smallest absolute Gasteiger partial charge is 0.153 e. The van der Waals surface area contributed by atoms with E-state index < -0.39 is 0 Å². The van der Waals surface area contributed by atoms with Crippen molar-refractivity contribution in [1.82, 2.24) is 14.7 Å². The lowest BCUT2D eigenvalue weighted by Gasteiger charge is -2.17. The molecule has 0 bridgehead atoms. The molecule has 0 aliphatic carbocycles. The Balaban J connectivity index is 2.25. The number of nitrogens with zero attached hydrogens (tertiary/aromatic N) is 3. The minimum atomic E-state index is 0.574. The van der Waals surface area contributed by atoms with Crippen molar-refractivity contribution >= 4 is 22.4 Å². The molecule has 0 amide bonds. The van der Waals surface area contributed by atoms with Gasteiger partial charge in [0.1, 0.15) is 0 Å². The Morgan fingerprint density at radius 1 is 1.22 bits per heavy atom. The lowest BCUT2D eigenvalue weighted by Crippen LogP contribution is -2.27. The molecule has 18 heavy (non-hydrogen) atoms. The number of nitrogens with two attached hydrogens (primary N) is 2. The van der Waals surface area contributed by atoms with Gasteiger partial charge in [-0.05, 0) is 31.3 Å². The van der Waals surface area contributed by atoms with Gasteiger partial charge >= 0.3 is 0 Å². The molecule has 4 N–H and O–H groups in total. The second kappa shape index (κ2) is 5.27. The molecule has 5 heteroatoms. The van der Waals surface area contributed by atoms with Gasteiger partial charge in [-0.3, -0.25) is 4.68 Å². The quantitative estimate of drug-likeness (QED) is 0.786. The van der Waals surface area contributed by atoms with Crippen LogP contribution in [0.15, 0.2) is 18.2 Å². The van der Waals surface area contributed by atoms with Crippen molar-refractivity contribution in [2.45, 2.75) is 20.4 Å². The number of anilines is 2. The normalized spacial score (nSPS) is 11.5. The fraction of sp³-hybridized carbons (Fsp3) is 0.462. The van der Waals surface area contributed by atoms with Gasteiger partial charge in [0.05, 0.1) is 12.1 Å². The second-order valence-electron chi connectivity index (χ2n) is 4.41. The summed E-state index contributed by atoms with van der Waals surface area (Å²) in [5, 5.41) is 5.36. The van der Waals surface area contributed by atoms with Crippen LogP contribution in [-0.4, -0.2) is 34.3 Å². The Bertz CT molecular complexity index is 527. The first kappa shape index (κ1) is 12.7. The van der Waals surface area contributed by atoms with E-state index in [-0.39, 0.29) is 0 Å². The molecule has 0 spiro atoms. The summed E-state index contributed by atoms with van der Waals surface area (Å²) in [4.78, 5) is 2.36. The van der Waals surface area contributed by atoms with Crippen LogP contribution in [0.5, 0.6) is 0 Å². The predicted molar refractivity (Wildman–Crippen MR) is 76.3 cm³/mol. The van der Waals surface area contributed by atoms with Crippen molar-refractivity contribution < 1.29 is 0 Å². The third-order valence-electron chi connectivity index (χ3n) is 3.33. The fourth-order valence-corrected chi connectivity index (χ4v) is 2.16. The van der Waals surface area contributed by atoms with E-state index in [2.05, 4.69) is 23.8 Å². The topological polar surface area (TPSA) is 73.1 Å². The molecule has 0 fully saturated rings. The number of aromatic nitrogens is 2. The van der Waals surface area contributed by atoms with Crippen LogP contribution in [-0.2, 0) is 6.54 Å². The van der Waals surface area contributed by atoms with Crippen LogP contribution in [0.4, 0.5) is 11.5 Å². The average Bonchev–Trinajstić information content (AvgIpc) is 2.67. The Hall–Kier alpha value is -1.75. The molecular weight excluding hydrogens is 226 g/mol. The first-order valence-electron chi connectivity index (χ1n) is 6.39. The summed E-state index contributed by atoms with van der Waals surface area (Å²) in [6, 6.07) is 5.72. The summed E-state index contributed by atoms with van der Waals surface area (Å²) >= 11 is 0. The molecule has 1 aromatic heterocycles. The number of rotatable bonds is 5. The first-order valence-corrected chi connectivity index (χ1v) is 6.39. The highest BCUT2D eigenvalue weighted by Crippen LogP contribution is 2.22. The maximum absolute atomic E-state index is 5.91. The minimum Gasteiger partial charge on any atom is -0.399 e. The van der Waals surface area contributed by atoms with Crippen molar-refractivity contribution in [2.75, 3.05) is 31.1 Å². The number of likely N-dealkylation sites (N-methyl/N-ethyl adjacent to an activating group) is 1. The van der Waals surface area contributed by atoms with Crippen LogP contribution in [0.1, 0.15) is 13.8 Å². The van der Waals surface area contributed by atoms with Crippen LogP contribution in [0.3, 0.4) is 0 Å².